The van der Waals surface area contributed by atoms with Crippen LogP contribution in [0, 0.1) is 17.3 Å². The number of aliphatic hydroxyl groups is 2. The molecule has 1 aliphatic carbocycles. The molecule has 1 fully saturated rings. The first kappa shape index (κ1) is 23.8. The molecule has 0 radical (unpaired) electrons. The van der Waals surface area contributed by atoms with Crippen molar-refractivity contribution in [2.45, 2.75) is 97.2 Å². The maximum atomic E-state index is 12.3. The molecule has 1 saturated carbocycles. The van der Waals surface area contributed by atoms with E-state index in [1.807, 2.05) is 12.2 Å². The number of aliphatic carboxylic acids is 1. The maximum absolute atomic E-state index is 12.3. The predicted molar refractivity (Wildman–Crippen MR) is 106 cm³/mol. The summed E-state index contributed by atoms with van der Waals surface area (Å²) in [7, 11) is 0. The fraction of sp³-hybridized carbons (Fsp3) is 0.818. The highest BCUT2D eigenvalue weighted by molar-refractivity contribution is 5.84. The van der Waals surface area contributed by atoms with E-state index in [4.69, 9.17) is 5.11 Å². The van der Waals surface area contributed by atoms with E-state index in [-0.39, 0.29) is 35.9 Å². The van der Waals surface area contributed by atoms with Gasteiger partial charge in [0.2, 0.25) is 0 Å². The first-order chi connectivity index (χ1) is 12.7. The highest BCUT2D eigenvalue weighted by Crippen LogP contribution is 2.38. The van der Waals surface area contributed by atoms with Crippen LogP contribution >= 0.6 is 0 Å². The number of carboxylic acid groups (broad SMARTS) is 1. The number of unbranched alkanes of at least 4 members (excludes halogenated alkanes) is 2. The van der Waals surface area contributed by atoms with Gasteiger partial charge in [0.15, 0.2) is 0 Å². The lowest BCUT2D eigenvalue weighted by Gasteiger charge is -2.32. The van der Waals surface area contributed by atoms with Crippen molar-refractivity contribution in [2.24, 2.45) is 17.3 Å². The number of hydrogen-bond acceptors (Lipinski definition) is 4. The zero-order valence-electron chi connectivity index (χ0n) is 17.2. The molecule has 1 rings (SSSR count). The normalized spacial score (nSPS) is 24.6. The van der Waals surface area contributed by atoms with E-state index in [2.05, 4.69) is 20.8 Å². The molecule has 5 nitrogen and oxygen atoms in total. The Balaban J connectivity index is 2.52. The summed E-state index contributed by atoms with van der Waals surface area (Å²) in [6.45, 7) is 6.30. The second-order valence-corrected chi connectivity index (χ2v) is 8.69. The molecule has 0 aliphatic heterocycles. The van der Waals surface area contributed by atoms with Crippen LogP contribution in [0.2, 0.25) is 0 Å². The summed E-state index contributed by atoms with van der Waals surface area (Å²) in [6, 6.07) is 0. The summed E-state index contributed by atoms with van der Waals surface area (Å²) in [5, 5.41) is 29.5. The standard InChI is InChI=1S/C22H38O5/c1-4-5-14-22(2,3)20(25)13-12-17-16(18(23)15-19(17)24)10-8-6-7-9-11-21(26)27/h6,8,16-18,20,23,25H,4-5,7,9-15H2,1-3H3,(H,26,27)/b8-6-/t16-,17-,18-,20+/m1/s1. The lowest BCUT2D eigenvalue weighted by molar-refractivity contribution is -0.137. The van der Waals surface area contributed by atoms with Crippen LogP contribution in [0.4, 0.5) is 0 Å². The third kappa shape index (κ3) is 8.14. The van der Waals surface area contributed by atoms with Crippen molar-refractivity contribution in [1.82, 2.24) is 0 Å². The zero-order chi connectivity index (χ0) is 20.4. The van der Waals surface area contributed by atoms with Gasteiger partial charge in [-0.25, -0.2) is 0 Å². The molecular weight excluding hydrogens is 344 g/mol. The van der Waals surface area contributed by atoms with Crippen molar-refractivity contribution in [3.05, 3.63) is 12.2 Å². The Hall–Kier alpha value is -1.20. The smallest absolute Gasteiger partial charge is 0.303 e. The van der Waals surface area contributed by atoms with Gasteiger partial charge in [-0.15, -0.1) is 0 Å². The van der Waals surface area contributed by atoms with Crippen LogP contribution < -0.4 is 0 Å². The Kier molecular flexibility index (Phi) is 10.2. The van der Waals surface area contributed by atoms with E-state index >= 15 is 0 Å². The highest BCUT2D eigenvalue weighted by atomic mass is 16.4. The summed E-state index contributed by atoms with van der Waals surface area (Å²) < 4.78 is 0. The van der Waals surface area contributed by atoms with Gasteiger partial charge in [-0.2, -0.15) is 0 Å². The van der Waals surface area contributed by atoms with Crippen LogP contribution in [-0.4, -0.2) is 39.3 Å². The van der Waals surface area contributed by atoms with Crippen LogP contribution in [0.25, 0.3) is 0 Å². The van der Waals surface area contributed by atoms with Gasteiger partial charge in [0.05, 0.1) is 12.2 Å². The molecule has 0 amide bonds. The minimum Gasteiger partial charge on any atom is -0.481 e. The number of carbonyl (C=O) groups is 2. The summed E-state index contributed by atoms with van der Waals surface area (Å²) in [5.41, 5.74) is -0.157. The third-order valence-corrected chi connectivity index (χ3v) is 6.00. The van der Waals surface area contributed by atoms with Gasteiger partial charge in [0.25, 0.3) is 0 Å². The number of rotatable bonds is 13. The van der Waals surface area contributed by atoms with E-state index in [9.17, 15) is 19.8 Å². The summed E-state index contributed by atoms with van der Waals surface area (Å²) >= 11 is 0. The highest BCUT2D eigenvalue weighted by Gasteiger charge is 2.41. The predicted octanol–water partition coefficient (Wildman–Crippen LogP) is 4.11. The van der Waals surface area contributed by atoms with Gasteiger partial charge in [-0.3, -0.25) is 9.59 Å². The Morgan fingerprint density at radius 3 is 2.63 bits per heavy atom. The van der Waals surface area contributed by atoms with Gasteiger partial charge in [0, 0.05) is 18.8 Å². The average Bonchev–Trinajstić information content (AvgIpc) is 2.86. The van der Waals surface area contributed by atoms with Crippen LogP contribution in [0.5, 0.6) is 0 Å². The second-order valence-electron chi connectivity index (χ2n) is 8.69. The van der Waals surface area contributed by atoms with Crippen LogP contribution in [0.15, 0.2) is 12.2 Å². The van der Waals surface area contributed by atoms with Crippen molar-refractivity contribution in [1.29, 1.82) is 0 Å². The molecule has 0 aromatic rings. The van der Waals surface area contributed by atoms with Crippen molar-refractivity contribution in [2.75, 3.05) is 0 Å². The van der Waals surface area contributed by atoms with Crippen molar-refractivity contribution >= 4 is 11.8 Å². The van der Waals surface area contributed by atoms with Gasteiger partial charge in [-0.05, 0) is 49.9 Å². The molecule has 0 aromatic carbocycles. The molecule has 0 aromatic heterocycles. The molecule has 27 heavy (non-hydrogen) atoms. The summed E-state index contributed by atoms with van der Waals surface area (Å²) in [5.74, 6) is -0.981. The minimum absolute atomic E-state index is 0.0980. The van der Waals surface area contributed by atoms with Crippen molar-refractivity contribution in [3.63, 3.8) is 0 Å². The molecule has 3 N–H and O–H groups in total. The third-order valence-electron chi connectivity index (χ3n) is 6.00. The number of hydrogen-bond donors (Lipinski definition) is 3. The first-order valence-electron chi connectivity index (χ1n) is 10.4. The molecular formula is C22H38O5. The molecule has 156 valence electrons. The number of aliphatic hydroxyl groups excluding tert-OH is 2. The van der Waals surface area contributed by atoms with E-state index < -0.39 is 18.2 Å². The van der Waals surface area contributed by atoms with Gasteiger partial charge < -0.3 is 15.3 Å². The minimum atomic E-state index is -0.791. The molecule has 0 unspecified atom stereocenters. The molecule has 4 atom stereocenters. The van der Waals surface area contributed by atoms with Crippen LogP contribution in [0.1, 0.15) is 85.0 Å². The lowest BCUT2D eigenvalue weighted by atomic mass is 9.77. The Morgan fingerprint density at radius 1 is 1.30 bits per heavy atom. The van der Waals surface area contributed by atoms with E-state index in [1.54, 1.807) is 0 Å². The number of carboxylic acids is 1. The Bertz CT molecular complexity index is 497. The van der Waals surface area contributed by atoms with Crippen LogP contribution in [-0.2, 0) is 9.59 Å². The molecule has 5 heteroatoms. The Morgan fingerprint density at radius 2 is 2.00 bits per heavy atom. The molecule has 0 heterocycles. The van der Waals surface area contributed by atoms with Crippen molar-refractivity contribution in [3.8, 4) is 0 Å². The summed E-state index contributed by atoms with van der Waals surface area (Å²) in [4.78, 5) is 22.8. The van der Waals surface area contributed by atoms with E-state index in [1.165, 1.54) is 0 Å². The SMILES string of the molecule is CCCCC(C)(C)[C@@H](O)CC[C@H]1C(=O)C[C@@H](O)[C@@H]1C/C=C\CCCC(=O)O. The van der Waals surface area contributed by atoms with E-state index in [0.29, 0.717) is 32.1 Å². The molecule has 0 saturated heterocycles. The Labute approximate surface area is 163 Å². The lowest BCUT2D eigenvalue weighted by Crippen LogP contribution is -2.31. The zero-order valence-corrected chi connectivity index (χ0v) is 17.2. The fourth-order valence-corrected chi connectivity index (χ4v) is 3.98. The number of Topliss-reactive ketones (excluding diaryl/α,β-unsaturated/α-hetero) is 1. The maximum Gasteiger partial charge on any atom is 0.303 e. The topological polar surface area (TPSA) is 94.8 Å². The van der Waals surface area contributed by atoms with Crippen molar-refractivity contribution < 1.29 is 24.9 Å². The van der Waals surface area contributed by atoms with Gasteiger partial charge >= 0.3 is 5.97 Å². The number of ketones is 1. The van der Waals surface area contributed by atoms with E-state index in [0.717, 1.165) is 19.3 Å². The first-order valence-corrected chi connectivity index (χ1v) is 10.4. The average molecular weight is 383 g/mol. The largest absolute Gasteiger partial charge is 0.481 e. The van der Waals surface area contributed by atoms with Gasteiger partial charge in [0.1, 0.15) is 5.78 Å². The fourth-order valence-electron chi connectivity index (χ4n) is 3.98. The molecule has 0 spiro atoms. The number of allylic oxidation sites excluding steroid dienone is 2. The van der Waals surface area contributed by atoms with Gasteiger partial charge in [-0.1, -0.05) is 45.8 Å². The molecule has 0 bridgehead atoms. The van der Waals surface area contributed by atoms with Crippen LogP contribution in [0.3, 0.4) is 0 Å². The summed E-state index contributed by atoms with van der Waals surface area (Å²) in [6.07, 6.45) is 9.47. The number of carbonyl (C=O) groups excluding carboxylic acids is 1. The molecule has 1 aliphatic rings. The quantitative estimate of drug-likeness (QED) is 0.329. The second kappa shape index (κ2) is 11.6. The monoisotopic (exact) mass is 382 g/mol.